The molecule has 3 nitrogen and oxygen atoms in total. The van der Waals surface area contributed by atoms with Gasteiger partial charge in [-0.05, 0) is 23.3 Å². The van der Waals surface area contributed by atoms with Gasteiger partial charge in [-0.2, -0.15) is 0 Å². The van der Waals surface area contributed by atoms with E-state index >= 15 is 0 Å². The Kier molecular flexibility index (Phi) is 3.66. The van der Waals surface area contributed by atoms with E-state index in [0.717, 1.165) is 12.1 Å². The van der Waals surface area contributed by atoms with Crippen molar-refractivity contribution in [1.82, 2.24) is 0 Å². The lowest BCUT2D eigenvalue weighted by Gasteiger charge is -2.17. The molecule has 0 heterocycles. The zero-order chi connectivity index (χ0) is 14.0. The van der Waals surface area contributed by atoms with Gasteiger partial charge in [0.1, 0.15) is 23.1 Å². The highest BCUT2D eigenvalue weighted by atomic mass is 19.1. The molecule has 4 N–H and O–H groups in total. The number of hydrogen-bond acceptors (Lipinski definition) is 3. The molecule has 0 saturated heterocycles. The summed E-state index contributed by atoms with van der Waals surface area (Å²) in [5.41, 5.74) is 5.99. The second-order valence-corrected chi connectivity index (χ2v) is 4.20. The van der Waals surface area contributed by atoms with Crippen LogP contribution in [0.3, 0.4) is 0 Å². The second-order valence-electron chi connectivity index (χ2n) is 4.20. The van der Waals surface area contributed by atoms with E-state index in [1.165, 1.54) is 24.3 Å². The van der Waals surface area contributed by atoms with Gasteiger partial charge in [-0.25, -0.2) is 8.78 Å². The van der Waals surface area contributed by atoms with E-state index in [2.05, 4.69) is 0 Å². The number of benzene rings is 2. The molecule has 0 aliphatic heterocycles. The van der Waals surface area contributed by atoms with E-state index in [4.69, 9.17) is 5.73 Å². The van der Waals surface area contributed by atoms with Gasteiger partial charge in [0.25, 0.3) is 0 Å². The van der Waals surface area contributed by atoms with Gasteiger partial charge in [-0.15, -0.1) is 0 Å². The quantitative estimate of drug-likeness (QED) is 0.798. The lowest BCUT2D eigenvalue weighted by Crippen LogP contribution is -2.16. The minimum atomic E-state index is -0.679. The lowest BCUT2D eigenvalue weighted by atomic mass is 9.90. The third-order valence-electron chi connectivity index (χ3n) is 2.95. The van der Waals surface area contributed by atoms with Crippen molar-refractivity contribution >= 4 is 0 Å². The first-order valence-corrected chi connectivity index (χ1v) is 5.70. The van der Waals surface area contributed by atoms with Crippen molar-refractivity contribution in [1.29, 1.82) is 0 Å². The van der Waals surface area contributed by atoms with Gasteiger partial charge in [-0.3, -0.25) is 0 Å². The van der Waals surface area contributed by atoms with Crippen LogP contribution in [0.2, 0.25) is 0 Å². The minimum absolute atomic E-state index is 0.00336. The van der Waals surface area contributed by atoms with Gasteiger partial charge in [0, 0.05) is 24.6 Å². The lowest BCUT2D eigenvalue weighted by molar-refractivity contribution is 0.465. The van der Waals surface area contributed by atoms with Gasteiger partial charge in [0.15, 0.2) is 0 Å². The Labute approximate surface area is 108 Å². The first-order chi connectivity index (χ1) is 9.02. The molecule has 0 aromatic heterocycles. The Morgan fingerprint density at radius 1 is 0.895 bits per heavy atom. The smallest absolute Gasteiger partial charge is 0.130 e. The predicted molar refractivity (Wildman–Crippen MR) is 67.0 cm³/mol. The second kappa shape index (κ2) is 5.24. The van der Waals surface area contributed by atoms with Gasteiger partial charge < -0.3 is 15.9 Å². The van der Waals surface area contributed by atoms with Crippen LogP contribution < -0.4 is 5.73 Å². The largest absolute Gasteiger partial charge is 0.508 e. The van der Waals surface area contributed by atoms with Crippen molar-refractivity contribution in [3.8, 4) is 11.5 Å². The number of halogens is 2. The minimum Gasteiger partial charge on any atom is -0.508 e. The Balaban J connectivity index is 2.50. The predicted octanol–water partition coefficient (Wildman–Crippen LogP) is 2.47. The van der Waals surface area contributed by atoms with E-state index in [1.807, 2.05) is 0 Å². The molecule has 0 amide bonds. The van der Waals surface area contributed by atoms with Gasteiger partial charge in [0.05, 0.1) is 0 Å². The van der Waals surface area contributed by atoms with E-state index < -0.39 is 17.6 Å². The molecule has 2 rings (SSSR count). The highest BCUT2D eigenvalue weighted by molar-refractivity contribution is 5.39. The molecule has 2 aromatic carbocycles. The number of phenolic OH excluding ortho intramolecular Hbond substituents is 2. The highest BCUT2D eigenvalue weighted by Gasteiger charge is 2.20. The Hall–Kier alpha value is -2.14. The summed E-state index contributed by atoms with van der Waals surface area (Å²) in [6, 6.07) is 7.29. The first-order valence-electron chi connectivity index (χ1n) is 5.70. The Bertz CT molecular complexity index is 550. The van der Waals surface area contributed by atoms with Crippen LogP contribution in [-0.2, 0) is 0 Å². The third kappa shape index (κ3) is 2.66. The summed E-state index contributed by atoms with van der Waals surface area (Å²) < 4.78 is 27.6. The fourth-order valence-corrected chi connectivity index (χ4v) is 2.02. The molecule has 2 aromatic rings. The van der Waals surface area contributed by atoms with E-state index in [-0.39, 0.29) is 29.2 Å². The van der Waals surface area contributed by atoms with Crippen molar-refractivity contribution in [2.45, 2.75) is 5.92 Å². The average molecular weight is 265 g/mol. The Morgan fingerprint density at radius 3 is 1.63 bits per heavy atom. The molecule has 100 valence electrons. The van der Waals surface area contributed by atoms with Gasteiger partial charge >= 0.3 is 0 Å². The standard InChI is InChI=1S/C14H13F2NO2/c15-13-5-8(18)1-3-10(13)12(7-17)11-4-2-9(19)6-14(11)16/h1-6,12,18-19H,7,17H2. The van der Waals surface area contributed by atoms with Crippen LogP contribution in [0.4, 0.5) is 8.78 Å². The molecule has 0 aliphatic carbocycles. The number of hydrogen-bond donors (Lipinski definition) is 3. The fraction of sp³-hybridized carbons (Fsp3) is 0.143. The van der Waals surface area contributed by atoms with Crippen LogP contribution in [0, 0.1) is 11.6 Å². The van der Waals surface area contributed by atoms with Crippen molar-refractivity contribution in [2.24, 2.45) is 5.73 Å². The molecule has 0 atom stereocenters. The normalized spacial score (nSPS) is 10.9. The fourth-order valence-electron chi connectivity index (χ4n) is 2.02. The summed E-state index contributed by atoms with van der Waals surface area (Å²) in [4.78, 5) is 0. The first kappa shape index (κ1) is 13.3. The average Bonchev–Trinajstić information content (AvgIpc) is 2.34. The maximum absolute atomic E-state index is 13.8. The van der Waals surface area contributed by atoms with Crippen LogP contribution in [0.25, 0.3) is 0 Å². The summed E-state index contributed by atoms with van der Waals surface area (Å²) in [6.45, 7) is 0.00336. The van der Waals surface area contributed by atoms with E-state index in [9.17, 15) is 19.0 Å². The van der Waals surface area contributed by atoms with Crippen molar-refractivity contribution in [2.75, 3.05) is 6.54 Å². The molecule has 0 aliphatic rings. The summed E-state index contributed by atoms with van der Waals surface area (Å²) in [7, 11) is 0. The van der Waals surface area contributed by atoms with Gasteiger partial charge in [-0.1, -0.05) is 12.1 Å². The molecule has 0 spiro atoms. The topological polar surface area (TPSA) is 66.5 Å². The molecule has 5 heteroatoms. The van der Waals surface area contributed by atoms with E-state index in [1.54, 1.807) is 0 Å². The molecular weight excluding hydrogens is 252 g/mol. The van der Waals surface area contributed by atoms with Crippen LogP contribution in [0.15, 0.2) is 36.4 Å². The summed E-state index contributed by atoms with van der Waals surface area (Å²) in [5, 5.41) is 18.4. The van der Waals surface area contributed by atoms with Crippen LogP contribution >= 0.6 is 0 Å². The van der Waals surface area contributed by atoms with Crippen molar-refractivity contribution < 1.29 is 19.0 Å². The third-order valence-corrected chi connectivity index (χ3v) is 2.95. The zero-order valence-corrected chi connectivity index (χ0v) is 9.98. The van der Waals surface area contributed by atoms with Crippen LogP contribution in [-0.4, -0.2) is 16.8 Å². The summed E-state index contributed by atoms with van der Waals surface area (Å²) in [5.74, 6) is -2.39. The summed E-state index contributed by atoms with van der Waals surface area (Å²) >= 11 is 0. The van der Waals surface area contributed by atoms with Crippen molar-refractivity contribution in [3.05, 3.63) is 59.2 Å². The molecule has 0 bridgehead atoms. The molecule has 0 radical (unpaired) electrons. The SMILES string of the molecule is NCC(c1ccc(O)cc1F)c1ccc(O)cc1F. The molecule has 0 fully saturated rings. The number of nitrogens with two attached hydrogens (primary N) is 1. The number of rotatable bonds is 3. The van der Waals surface area contributed by atoms with E-state index in [0.29, 0.717) is 0 Å². The maximum atomic E-state index is 13.8. The molecular formula is C14H13F2NO2. The van der Waals surface area contributed by atoms with Crippen LogP contribution in [0.5, 0.6) is 11.5 Å². The summed E-state index contributed by atoms with van der Waals surface area (Å²) in [6.07, 6.45) is 0. The van der Waals surface area contributed by atoms with Gasteiger partial charge in [0.2, 0.25) is 0 Å². The Morgan fingerprint density at radius 2 is 1.32 bits per heavy atom. The monoisotopic (exact) mass is 265 g/mol. The highest BCUT2D eigenvalue weighted by Crippen LogP contribution is 2.30. The zero-order valence-electron chi connectivity index (χ0n) is 9.98. The number of aromatic hydroxyl groups is 2. The molecule has 0 unspecified atom stereocenters. The number of phenols is 2. The van der Waals surface area contributed by atoms with Crippen LogP contribution in [0.1, 0.15) is 17.0 Å². The van der Waals surface area contributed by atoms with Crippen molar-refractivity contribution in [3.63, 3.8) is 0 Å². The molecule has 0 saturated carbocycles. The maximum Gasteiger partial charge on any atom is 0.130 e. The molecule has 19 heavy (non-hydrogen) atoms.